The molecule has 1 amide bonds. The van der Waals surface area contributed by atoms with E-state index < -0.39 is 0 Å². The van der Waals surface area contributed by atoms with Crippen LogP contribution in [0.5, 0.6) is 0 Å². The molecule has 80 valence electrons. The fraction of sp³-hybridized carbons (Fsp3) is 0.300. The molecule has 0 radical (unpaired) electrons. The Morgan fingerprint density at radius 3 is 2.87 bits per heavy atom. The van der Waals surface area contributed by atoms with Gasteiger partial charge in [-0.2, -0.15) is 0 Å². The summed E-state index contributed by atoms with van der Waals surface area (Å²) in [4.78, 5) is 11.7. The van der Waals surface area contributed by atoms with Gasteiger partial charge in [-0.05, 0) is 18.2 Å². The van der Waals surface area contributed by atoms with Crippen molar-refractivity contribution in [1.82, 2.24) is 5.32 Å². The zero-order chi connectivity index (χ0) is 10.8. The molecule has 0 atom stereocenters. The van der Waals surface area contributed by atoms with E-state index in [0.717, 1.165) is 4.47 Å². The van der Waals surface area contributed by atoms with Crippen LogP contribution in [0.2, 0.25) is 5.02 Å². The van der Waals surface area contributed by atoms with Crippen LogP contribution in [0.25, 0.3) is 0 Å². The Bertz CT molecular complexity index is 393. The maximum Gasteiger partial charge on any atom is 0.253 e. The van der Waals surface area contributed by atoms with Crippen LogP contribution in [0, 0.1) is 0 Å². The molecular formula is C10H9BrClNO2. The van der Waals surface area contributed by atoms with Gasteiger partial charge < -0.3 is 10.1 Å². The Balaban J connectivity index is 2.12. The van der Waals surface area contributed by atoms with E-state index >= 15 is 0 Å². The molecule has 0 spiro atoms. The van der Waals surface area contributed by atoms with Gasteiger partial charge in [0.2, 0.25) is 0 Å². The fourth-order valence-corrected chi connectivity index (χ4v) is 1.82. The van der Waals surface area contributed by atoms with E-state index in [4.69, 9.17) is 16.3 Å². The van der Waals surface area contributed by atoms with Crippen LogP contribution in [-0.2, 0) is 4.74 Å². The van der Waals surface area contributed by atoms with E-state index in [0.29, 0.717) is 23.8 Å². The first-order valence-electron chi connectivity index (χ1n) is 4.50. The molecule has 1 heterocycles. The summed E-state index contributed by atoms with van der Waals surface area (Å²) in [7, 11) is 0. The fourth-order valence-electron chi connectivity index (χ4n) is 1.25. The van der Waals surface area contributed by atoms with Crippen LogP contribution < -0.4 is 5.32 Å². The van der Waals surface area contributed by atoms with E-state index in [1.807, 2.05) is 0 Å². The summed E-state index contributed by atoms with van der Waals surface area (Å²) in [5, 5.41) is 3.29. The molecule has 1 aromatic carbocycles. The minimum absolute atomic E-state index is 0.118. The largest absolute Gasteiger partial charge is 0.377 e. The molecule has 1 saturated heterocycles. The molecular weight excluding hydrogens is 281 g/mol. The summed E-state index contributed by atoms with van der Waals surface area (Å²) in [5.74, 6) is -0.158. The first kappa shape index (κ1) is 10.9. The zero-order valence-corrected chi connectivity index (χ0v) is 10.1. The van der Waals surface area contributed by atoms with Crippen molar-refractivity contribution in [3.8, 4) is 0 Å². The molecule has 1 aromatic rings. The molecule has 3 nitrogen and oxygen atoms in total. The van der Waals surface area contributed by atoms with Gasteiger partial charge in [0, 0.05) is 4.47 Å². The predicted molar refractivity (Wildman–Crippen MR) is 61.2 cm³/mol. The summed E-state index contributed by atoms with van der Waals surface area (Å²) >= 11 is 9.22. The van der Waals surface area contributed by atoms with Crippen LogP contribution in [-0.4, -0.2) is 25.2 Å². The average Bonchev–Trinajstić information content (AvgIpc) is 2.15. The van der Waals surface area contributed by atoms with Crippen molar-refractivity contribution >= 4 is 33.4 Å². The topological polar surface area (TPSA) is 38.3 Å². The van der Waals surface area contributed by atoms with Crippen LogP contribution in [0.1, 0.15) is 10.4 Å². The van der Waals surface area contributed by atoms with Gasteiger partial charge in [-0.3, -0.25) is 4.79 Å². The number of amides is 1. The van der Waals surface area contributed by atoms with Gasteiger partial charge in [0.05, 0.1) is 29.8 Å². The number of ether oxygens (including phenoxy) is 1. The third kappa shape index (κ3) is 2.51. The van der Waals surface area contributed by atoms with Gasteiger partial charge in [0.1, 0.15) is 0 Å². The lowest BCUT2D eigenvalue weighted by molar-refractivity contribution is -0.00346. The van der Waals surface area contributed by atoms with Crippen LogP contribution >= 0.6 is 27.5 Å². The number of carbonyl (C=O) groups excluding carboxylic acids is 1. The van der Waals surface area contributed by atoms with E-state index in [1.165, 1.54) is 0 Å². The molecule has 0 bridgehead atoms. The summed E-state index contributed by atoms with van der Waals surface area (Å²) < 4.78 is 5.80. The van der Waals surface area contributed by atoms with Gasteiger partial charge >= 0.3 is 0 Å². The average molecular weight is 291 g/mol. The predicted octanol–water partition coefficient (Wildman–Crippen LogP) is 2.23. The van der Waals surface area contributed by atoms with Gasteiger partial charge in [-0.1, -0.05) is 27.5 Å². The minimum Gasteiger partial charge on any atom is -0.377 e. The Hall–Kier alpha value is -0.580. The standard InChI is InChI=1S/C10H9BrClNO2/c11-6-1-2-9(12)8(3-6)10(14)13-7-4-15-5-7/h1-3,7H,4-5H2,(H,13,14). The van der Waals surface area contributed by atoms with Gasteiger partial charge in [-0.25, -0.2) is 0 Å². The normalized spacial score (nSPS) is 15.9. The molecule has 0 aromatic heterocycles. The van der Waals surface area contributed by atoms with Gasteiger partial charge in [0.25, 0.3) is 5.91 Å². The third-order valence-corrected chi connectivity index (χ3v) is 2.97. The van der Waals surface area contributed by atoms with Crippen molar-refractivity contribution in [3.63, 3.8) is 0 Å². The first-order chi connectivity index (χ1) is 7.16. The summed E-state index contributed by atoms with van der Waals surface area (Å²) in [5.41, 5.74) is 0.484. The van der Waals surface area contributed by atoms with E-state index in [9.17, 15) is 4.79 Å². The van der Waals surface area contributed by atoms with Gasteiger partial charge in [-0.15, -0.1) is 0 Å². The number of carbonyl (C=O) groups is 1. The maximum absolute atomic E-state index is 11.7. The van der Waals surface area contributed by atoms with E-state index in [1.54, 1.807) is 18.2 Å². The summed E-state index contributed by atoms with van der Waals surface area (Å²) in [6.07, 6.45) is 0. The molecule has 0 aliphatic carbocycles. The highest BCUT2D eigenvalue weighted by molar-refractivity contribution is 9.10. The molecule has 2 rings (SSSR count). The molecule has 0 unspecified atom stereocenters. The molecule has 15 heavy (non-hydrogen) atoms. The second-order valence-electron chi connectivity index (χ2n) is 3.33. The number of benzene rings is 1. The van der Waals surface area contributed by atoms with Crippen molar-refractivity contribution in [3.05, 3.63) is 33.3 Å². The molecule has 1 aliphatic rings. The monoisotopic (exact) mass is 289 g/mol. The second kappa shape index (κ2) is 4.51. The first-order valence-corrected chi connectivity index (χ1v) is 5.67. The number of nitrogens with one attached hydrogen (secondary N) is 1. The van der Waals surface area contributed by atoms with Crippen molar-refractivity contribution < 1.29 is 9.53 Å². The van der Waals surface area contributed by atoms with Crippen molar-refractivity contribution in [2.75, 3.05) is 13.2 Å². The van der Waals surface area contributed by atoms with Gasteiger partial charge in [0.15, 0.2) is 0 Å². The molecule has 1 N–H and O–H groups in total. The molecule has 0 saturated carbocycles. The van der Waals surface area contributed by atoms with Crippen LogP contribution in [0.3, 0.4) is 0 Å². The summed E-state index contributed by atoms with van der Waals surface area (Å²) in [6, 6.07) is 5.31. The van der Waals surface area contributed by atoms with Crippen molar-refractivity contribution in [2.24, 2.45) is 0 Å². The van der Waals surface area contributed by atoms with Crippen LogP contribution in [0.4, 0.5) is 0 Å². The number of hydrogen-bond acceptors (Lipinski definition) is 2. The SMILES string of the molecule is O=C(NC1COC1)c1cc(Br)ccc1Cl. The van der Waals surface area contributed by atoms with Crippen LogP contribution in [0.15, 0.2) is 22.7 Å². The van der Waals surface area contributed by atoms with E-state index in [2.05, 4.69) is 21.2 Å². The van der Waals surface area contributed by atoms with E-state index in [-0.39, 0.29) is 11.9 Å². The zero-order valence-electron chi connectivity index (χ0n) is 7.80. The highest BCUT2D eigenvalue weighted by Crippen LogP contribution is 2.21. The number of halogens is 2. The molecule has 5 heteroatoms. The highest BCUT2D eigenvalue weighted by atomic mass is 79.9. The highest BCUT2D eigenvalue weighted by Gasteiger charge is 2.22. The number of hydrogen-bond donors (Lipinski definition) is 1. The smallest absolute Gasteiger partial charge is 0.253 e. The summed E-state index contributed by atoms with van der Waals surface area (Å²) in [6.45, 7) is 1.16. The Morgan fingerprint density at radius 1 is 1.53 bits per heavy atom. The lowest BCUT2D eigenvalue weighted by Gasteiger charge is -2.26. The lowest BCUT2D eigenvalue weighted by Crippen LogP contribution is -2.48. The Kier molecular flexibility index (Phi) is 3.29. The minimum atomic E-state index is -0.158. The maximum atomic E-state index is 11.7. The quantitative estimate of drug-likeness (QED) is 0.907. The second-order valence-corrected chi connectivity index (χ2v) is 4.65. The van der Waals surface area contributed by atoms with Crippen molar-refractivity contribution in [2.45, 2.75) is 6.04 Å². The lowest BCUT2D eigenvalue weighted by atomic mass is 10.2. The molecule has 1 aliphatic heterocycles. The molecule has 1 fully saturated rings. The third-order valence-electron chi connectivity index (χ3n) is 2.15. The Morgan fingerprint density at radius 2 is 2.27 bits per heavy atom. The number of rotatable bonds is 2. The van der Waals surface area contributed by atoms with Crippen molar-refractivity contribution in [1.29, 1.82) is 0 Å². The Labute approximate surface area is 101 Å².